The molecule has 9 heteroatoms. The van der Waals surface area contributed by atoms with Crippen molar-refractivity contribution >= 4 is 11.7 Å². The Labute approximate surface area is 224 Å². The second-order valence-electron chi connectivity index (χ2n) is 10.8. The van der Waals surface area contributed by atoms with E-state index in [1.807, 2.05) is 0 Å². The SMILES string of the molecule is C=CC(=O)N1CCN(c2nc(OC[C@@H]3CCCN3C)nc3c2CN(C2CCc4ccccc42)C3)C[C@H]1C#N. The van der Waals surface area contributed by atoms with Gasteiger partial charge in [0.05, 0.1) is 18.3 Å². The summed E-state index contributed by atoms with van der Waals surface area (Å²) < 4.78 is 6.21. The summed E-state index contributed by atoms with van der Waals surface area (Å²) >= 11 is 0. The predicted molar refractivity (Wildman–Crippen MR) is 143 cm³/mol. The molecule has 6 rings (SSSR count). The molecule has 198 valence electrons. The molecule has 3 aliphatic heterocycles. The Kier molecular flexibility index (Phi) is 6.76. The highest BCUT2D eigenvalue weighted by Gasteiger charge is 2.37. The Hall–Kier alpha value is -3.48. The van der Waals surface area contributed by atoms with E-state index in [9.17, 15) is 10.1 Å². The quantitative estimate of drug-likeness (QED) is 0.545. The van der Waals surface area contributed by atoms with Crippen LogP contribution in [0, 0.1) is 11.3 Å². The molecule has 1 amide bonds. The van der Waals surface area contributed by atoms with Crippen LogP contribution in [-0.4, -0.2) is 82.5 Å². The number of fused-ring (bicyclic) bond motifs is 2. The molecule has 4 heterocycles. The van der Waals surface area contributed by atoms with Crippen molar-refractivity contribution < 1.29 is 9.53 Å². The monoisotopic (exact) mass is 513 g/mol. The number of anilines is 1. The maximum Gasteiger partial charge on any atom is 0.318 e. The standard InChI is InChI=1S/C29H35N7O2/c1-3-27(37)36-14-13-34(16-22(36)15-30)28-24-17-35(26-11-10-20-7-4-5-9-23(20)26)18-25(24)31-29(32-28)38-19-21-8-6-12-33(21)2/h3-5,7,9,21-22,26H,1,6,8,10-14,16-19H2,2H3/t21-,22+,26?/m0/s1. The van der Waals surface area contributed by atoms with Crippen LogP contribution in [-0.2, 0) is 24.3 Å². The summed E-state index contributed by atoms with van der Waals surface area (Å²) in [5.74, 6) is 0.629. The fraction of sp³-hybridized carbons (Fsp3) is 0.517. The van der Waals surface area contributed by atoms with Crippen LogP contribution in [0.25, 0.3) is 0 Å². The third kappa shape index (κ3) is 4.52. The first-order valence-electron chi connectivity index (χ1n) is 13.7. The Morgan fingerprint density at radius 3 is 2.87 bits per heavy atom. The van der Waals surface area contributed by atoms with Gasteiger partial charge in [0.25, 0.3) is 0 Å². The number of hydrogen-bond acceptors (Lipinski definition) is 8. The summed E-state index contributed by atoms with van der Waals surface area (Å²) in [5.41, 5.74) is 4.97. The number of nitriles is 1. The number of aryl methyl sites for hydroxylation is 1. The van der Waals surface area contributed by atoms with Gasteiger partial charge in [-0.25, -0.2) is 0 Å². The van der Waals surface area contributed by atoms with Gasteiger partial charge < -0.3 is 19.4 Å². The third-order valence-electron chi connectivity index (χ3n) is 8.67. The molecule has 3 atom stereocenters. The average molecular weight is 514 g/mol. The van der Waals surface area contributed by atoms with Gasteiger partial charge in [0.2, 0.25) is 5.91 Å². The molecule has 1 aromatic heterocycles. The van der Waals surface area contributed by atoms with Crippen LogP contribution < -0.4 is 9.64 Å². The number of likely N-dealkylation sites (tertiary alicyclic amines) is 1. The lowest BCUT2D eigenvalue weighted by Crippen LogP contribution is -2.54. The Balaban J connectivity index is 1.28. The third-order valence-corrected chi connectivity index (χ3v) is 8.67. The largest absolute Gasteiger partial charge is 0.462 e. The summed E-state index contributed by atoms with van der Waals surface area (Å²) in [4.78, 5) is 30.7. The molecule has 1 unspecified atom stereocenters. The van der Waals surface area contributed by atoms with Crippen LogP contribution in [0.15, 0.2) is 36.9 Å². The minimum absolute atomic E-state index is 0.208. The molecule has 2 saturated heterocycles. The second kappa shape index (κ2) is 10.4. The van der Waals surface area contributed by atoms with Crippen LogP contribution in [0.1, 0.15) is 47.7 Å². The zero-order chi connectivity index (χ0) is 26.2. The molecule has 38 heavy (non-hydrogen) atoms. The molecule has 1 aliphatic carbocycles. The zero-order valence-corrected chi connectivity index (χ0v) is 22.1. The number of nitrogens with zero attached hydrogens (tertiary/aromatic N) is 7. The molecule has 0 bridgehead atoms. The summed E-state index contributed by atoms with van der Waals surface area (Å²) in [6.07, 6.45) is 5.78. The van der Waals surface area contributed by atoms with Gasteiger partial charge in [-0.3, -0.25) is 9.69 Å². The number of carbonyl (C=O) groups excluding carboxylic acids is 1. The fourth-order valence-electron chi connectivity index (χ4n) is 6.53. The van der Waals surface area contributed by atoms with E-state index in [1.54, 1.807) is 4.90 Å². The van der Waals surface area contributed by atoms with E-state index < -0.39 is 6.04 Å². The normalized spacial score (nSPS) is 25.2. The molecule has 0 radical (unpaired) electrons. The number of rotatable bonds is 6. The summed E-state index contributed by atoms with van der Waals surface area (Å²) in [6.45, 7) is 8.21. The average Bonchev–Trinajstić information content (AvgIpc) is 3.68. The molecule has 4 aliphatic rings. The maximum atomic E-state index is 12.3. The van der Waals surface area contributed by atoms with E-state index in [2.05, 4.69) is 58.7 Å². The van der Waals surface area contributed by atoms with Crippen molar-refractivity contribution in [2.75, 3.05) is 44.7 Å². The smallest absolute Gasteiger partial charge is 0.318 e. The van der Waals surface area contributed by atoms with Gasteiger partial charge in [-0.05, 0) is 56.5 Å². The van der Waals surface area contributed by atoms with Crippen LogP contribution in [0.2, 0.25) is 0 Å². The fourth-order valence-corrected chi connectivity index (χ4v) is 6.53. The topological polar surface area (TPSA) is 88.8 Å². The molecule has 2 fully saturated rings. The number of benzene rings is 1. The van der Waals surface area contributed by atoms with Gasteiger partial charge in [0.1, 0.15) is 18.5 Å². The lowest BCUT2D eigenvalue weighted by atomic mass is 10.1. The lowest BCUT2D eigenvalue weighted by molar-refractivity contribution is -0.127. The minimum Gasteiger partial charge on any atom is -0.462 e. The summed E-state index contributed by atoms with van der Waals surface area (Å²) in [7, 11) is 2.14. The first kappa shape index (κ1) is 24.8. The first-order chi connectivity index (χ1) is 18.6. The van der Waals surface area contributed by atoms with Gasteiger partial charge in [-0.1, -0.05) is 30.8 Å². The highest BCUT2D eigenvalue weighted by atomic mass is 16.5. The summed E-state index contributed by atoms with van der Waals surface area (Å²) in [5, 5.41) is 9.85. The molecular formula is C29H35N7O2. The van der Waals surface area contributed by atoms with E-state index >= 15 is 0 Å². The zero-order valence-electron chi connectivity index (χ0n) is 22.1. The van der Waals surface area contributed by atoms with Crippen LogP contribution in [0.5, 0.6) is 6.01 Å². The van der Waals surface area contributed by atoms with E-state index in [0.717, 1.165) is 56.0 Å². The number of hydrogen-bond donors (Lipinski definition) is 0. The number of ether oxygens (including phenoxy) is 1. The Morgan fingerprint density at radius 1 is 1.21 bits per heavy atom. The highest BCUT2D eigenvalue weighted by Crippen LogP contribution is 2.42. The minimum atomic E-state index is -0.560. The second-order valence-corrected chi connectivity index (χ2v) is 10.8. The number of carbonyl (C=O) groups is 1. The van der Waals surface area contributed by atoms with Crippen molar-refractivity contribution in [3.05, 3.63) is 59.3 Å². The van der Waals surface area contributed by atoms with E-state index in [4.69, 9.17) is 14.7 Å². The van der Waals surface area contributed by atoms with Crippen molar-refractivity contribution in [3.63, 3.8) is 0 Å². The molecule has 0 spiro atoms. The lowest BCUT2D eigenvalue weighted by Gasteiger charge is -2.39. The molecule has 1 aromatic carbocycles. The summed E-state index contributed by atoms with van der Waals surface area (Å²) in [6, 6.07) is 11.6. The van der Waals surface area contributed by atoms with Gasteiger partial charge in [-0.15, -0.1) is 0 Å². The molecule has 2 aromatic rings. The molecule has 9 nitrogen and oxygen atoms in total. The van der Waals surface area contributed by atoms with Crippen molar-refractivity contribution in [1.29, 1.82) is 5.26 Å². The van der Waals surface area contributed by atoms with E-state index in [-0.39, 0.29) is 5.91 Å². The van der Waals surface area contributed by atoms with Crippen molar-refractivity contribution in [3.8, 4) is 12.1 Å². The molecule has 0 N–H and O–H groups in total. The van der Waals surface area contributed by atoms with Crippen LogP contribution in [0.4, 0.5) is 5.82 Å². The molecular weight excluding hydrogens is 478 g/mol. The van der Waals surface area contributed by atoms with Gasteiger partial charge >= 0.3 is 6.01 Å². The van der Waals surface area contributed by atoms with Crippen molar-refractivity contribution in [2.24, 2.45) is 0 Å². The Bertz CT molecular complexity index is 1270. The highest BCUT2D eigenvalue weighted by molar-refractivity contribution is 5.87. The number of piperazine rings is 1. The van der Waals surface area contributed by atoms with E-state index in [0.29, 0.717) is 44.3 Å². The predicted octanol–water partition coefficient (Wildman–Crippen LogP) is 2.68. The van der Waals surface area contributed by atoms with Crippen molar-refractivity contribution in [1.82, 2.24) is 24.7 Å². The van der Waals surface area contributed by atoms with Gasteiger partial charge in [0.15, 0.2) is 0 Å². The van der Waals surface area contributed by atoms with Gasteiger partial charge in [-0.2, -0.15) is 15.2 Å². The van der Waals surface area contributed by atoms with Crippen LogP contribution >= 0.6 is 0 Å². The maximum absolute atomic E-state index is 12.3. The van der Waals surface area contributed by atoms with Crippen LogP contribution in [0.3, 0.4) is 0 Å². The van der Waals surface area contributed by atoms with E-state index in [1.165, 1.54) is 23.6 Å². The Morgan fingerprint density at radius 2 is 2.08 bits per heavy atom. The molecule has 0 saturated carbocycles. The number of likely N-dealkylation sites (N-methyl/N-ethyl adjacent to an activating group) is 1. The number of aromatic nitrogens is 2. The van der Waals surface area contributed by atoms with Crippen molar-refractivity contribution in [2.45, 2.75) is 56.9 Å². The van der Waals surface area contributed by atoms with Gasteiger partial charge in [0, 0.05) is 43.8 Å². The first-order valence-corrected chi connectivity index (χ1v) is 13.7. The number of amides is 1.